The molecule has 2 aromatic carbocycles. The lowest BCUT2D eigenvalue weighted by atomic mass is 9.81. The normalized spacial score (nSPS) is 19.3. The van der Waals surface area contributed by atoms with Crippen LogP contribution in [0.4, 0.5) is 5.69 Å². The lowest BCUT2D eigenvalue weighted by Gasteiger charge is -2.28. The molecule has 1 heterocycles. The van der Waals surface area contributed by atoms with E-state index in [9.17, 15) is 4.79 Å². The number of nitrogen functional groups attached to an aromatic ring is 1. The van der Waals surface area contributed by atoms with E-state index in [0.29, 0.717) is 18.9 Å². The predicted octanol–water partition coefficient (Wildman–Crippen LogP) is 4.50. The van der Waals surface area contributed by atoms with Gasteiger partial charge in [-0.3, -0.25) is 9.78 Å². The number of rotatable bonds is 7. The van der Waals surface area contributed by atoms with E-state index < -0.39 is 0 Å². The summed E-state index contributed by atoms with van der Waals surface area (Å²) in [5.74, 6) is 0.724. The zero-order chi connectivity index (χ0) is 22.3. The maximum absolute atomic E-state index is 13.2. The van der Waals surface area contributed by atoms with Crippen LogP contribution in [0.2, 0.25) is 0 Å². The van der Waals surface area contributed by atoms with Crippen molar-refractivity contribution in [3.63, 3.8) is 0 Å². The molecule has 1 amide bonds. The summed E-state index contributed by atoms with van der Waals surface area (Å²) < 4.78 is 0. The summed E-state index contributed by atoms with van der Waals surface area (Å²) in [6.45, 7) is 0.714. The van der Waals surface area contributed by atoms with Gasteiger partial charge in [0.2, 0.25) is 5.91 Å². The van der Waals surface area contributed by atoms with Gasteiger partial charge in [0.05, 0.1) is 11.7 Å². The van der Waals surface area contributed by atoms with Gasteiger partial charge in [-0.15, -0.1) is 0 Å². The van der Waals surface area contributed by atoms with Crippen molar-refractivity contribution < 1.29 is 4.79 Å². The van der Waals surface area contributed by atoms with Gasteiger partial charge in [0, 0.05) is 17.8 Å². The smallest absolute Gasteiger partial charge is 0.223 e. The minimum atomic E-state index is -0.196. The molecule has 5 heteroatoms. The SMILES string of the molecule is NC[C@H]1CC[C@H](C(=O)NC(Cc2ccccc2)c2cc(-c3cccc(N)c3)ccn2)CC1. The molecule has 1 saturated carbocycles. The fraction of sp³-hybridized carbons (Fsp3) is 0.333. The van der Waals surface area contributed by atoms with Crippen molar-refractivity contribution in [3.05, 3.63) is 84.2 Å². The van der Waals surface area contributed by atoms with Crippen molar-refractivity contribution in [1.82, 2.24) is 10.3 Å². The van der Waals surface area contributed by atoms with Crippen LogP contribution in [0.5, 0.6) is 0 Å². The molecule has 1 aromatic heterocycles. The molecule has 1 fully saturated rings. The summed E-state index contributed by atoms with van der Waals surface area (Å²) in [7, 11) is 0. The summed E-state index contributed by atoms with van der Waals surface area (Å²) in [6, 6.07) is 21.9. The third kappa shape index (κ3) is 5.54. The van der Waals surface area contributed by atoms with E-state index >= 15 is 0 Å². The first-order valence-electron chi connectivity index (χ1n) is 11.5. The standard InChI is InChI=1S/C27H32N4O/c28-18-20-9-11-21(12-10-20)27(32)31-26(15-19-5-2-1-3-6-19)25-17-23(13-14-30-25)22-7-4-8-24(29)16-22/h1-8,13-14,16-17,20-21,26H,9-12,15,18,28-29H2,(H,31,32)/t20-,21-,26?. The van der Waals surface area contributed by atoms with Gasteiger partial charge in [-0.25, -0.2) is 0 Å². The fourth-order valence-corrected chi connectivity index (χ4v) is 4.57. The Labute approximate surface area is 190 Å². The summed E-state index contributed by atoms with van der Waals surface area (Å²) in [5, 5.41) is 3.32. The third-order valence-corrected chi connectivity index (χ3v) is 6.51. The first-order chi connectivity index (χ1) is 15.6. The Morgan fingerprint density at radius 1 is 0.969 bits per heavy atom. The molecule has 32 heavy (non-hydrogen) atoms. The molecule has 0 spiro atoms. The van der Waals surface area contributed by atoms with Crippen molar-refractivity contribution in [2.75, 3.05) is 12.3 Å². The molecule has 0 saturated heterocycles. The summed E-state index contributed by atoms with van der Waals surface area (Å²) in [4.78, 5) is 17.8. The first kappa shape index (κ1) is 22.0. The van der Waals surface area contributed by atoms with E-state index in [2.05, 4.69) is 28.5 Å². The number of amides is 1. The maximum atomic E-state index is 13.2. The molecule has 4 rings (SSSR count). The highest BCUT2D eigenvalue weighted by molar-refractivity contribution is 5.79. The lowest BCUT2D eigenvalue weighted by molar-refractivity contribution is -0.127. The van der Waals surface area contributed by atoms with Crippen molar-refractivity contribution in [1.29, 1.82) is 0 Å². The first-order valence-corrected chi connectivity index (χ1v) is 11.5. The number of nitrogens with one attached hydrogen (secondary N) is 1. The number of hydrogen-bond donors (Lipinski definition) is 3. The number of nitrogens with two attached hydrogens (primary N) is 2. The molecule has 0 aliphatic heterocycles. The second-order valence-electron chi connectivity index (χ2n) is 8.80. The molecule has 1 aliphatic rings. The largest absolute Gasteiger partial charge is 0.399 e. The average Bonchev–Trinajstić information content (AvgIpc) is 2.84. The Kier molecular flexibility index (Phi) is 7.17. The lowest BCUT2D eigenvalue weighted by Crippen LogP contribution is -2.37. The van der Waals surface area contributed by atoms with Crippen LogP contribution in [0.1, 0.15) is 43.0 Å². The molecule has 0 radical (unpaired) electrons. The third-order valence-electron chi connectivity index (χ3n) is 6.51. The van der Waals surface area contributed by atoms with Gasteiger partial charge in [-0.05, 0) is 85.5 Å². The number of pyridine rings is 1. The minimum Gasteiger partial charge on any atom is -0.399 e. The van der Waals surface area contributed by atoms with Gasteiger partial charge in [0.1, 0.15) is 0 Å². The van der Waals surface area contributed by atoms with Gasteiger partial charge < -0.3 is 16.8 Å². The summed E-state index contributed by atoms with van der Waals surface area (Å²) >= 11 is 0. The highest BCUT2D eigenvalue weighted by atomic mass is 16.1. The van der Waals surface area contributed by atoms with Gasteiger partial charge in [-0.1, -0.05) is 42.5 Å². The number of nitrogens with zero attached hydrogens (tertiary/aromatic N) is 1. The van der Waals surface area contributed by atoms with Crippen LogP contribution in [0.3, 0.4) is 0 Å². The van der Waals surface area contributed by atoms with Gasteiger partial charge >= 0.3 is 0 Å². The number of aromatic nitrogens is 1. The molecule has 166 valence electrons. The van der Waals surface area contributed by atoms with E-state index in [1.54, 1.807) is 0 Å². The zero-order valence-electron chi connectivity index (χ0n) is 18.4. The zero-order valence-corrected chi connectivity index (χ0v) is 18.4. The van der Waals surface area contributed by atoms with Crippen LogP contribution in [0.15, 0.2) is 72.9 Å². The second kappa shape index (κ2) is 10.4. The highest BCUT2D eigenvalue weighted by Gasteiger charge is 2.28. The summed E-state index contributed by atoms with van der Waals surface area (Å²) in [6.07, 6.45) is 6.37. The van der Waals surface area contributed by atoms with Crippen LogP contribution >= 0.6 is 0 Å². The van der Waals surface area contributed by atoms with Gasteiger partial charge in [-0.2, -0.15) is 0 Å². The topological polar surface area (TPSA) is 94.0 Å². The molecule has 5 nitrogen and oxygen atoms in total. The Bertz CT molecular complexity index is 1030. The Morgan fingerprint density at radius 2 is 1.72 bits per heavy atom. The number of carbonyl (C=O) groups is 1. The quantitative estimate of drug-likeness (QED) is 0.483. The highest BCUT2D eigenvalue weighted by Crippen LogP contribution is 2.30. The molecular weight excluding hydrogens is 396 g/mol. The molecule has 1 unspecified atom stereocenters. The molecule has 1 aliphatic carbocycles. The van der Waals surface area contributed by atoms with E-state index in [4.69, 9.17) is 11.5 Å². The van der Waals surface area contributed by atoms with Crippen LogP contribution in [-0.4, -0.2) is 17.4 Å². The Balaban J connectivity index is 1.57. The van der Waals surface area contributed by atoms with Gasteiger partial charge in [0.25, 0.3) is 0 Å². The molecular formula is C27H32N4O. The Hall–Kier alpha value is -3.18. The average molecular weight is 429 g/mol. The van der Waals surface area contributed by atoms with E-state index in [-0.39, 0.29) is 17.9 Å². The molecule has 5 N–H and O–H groups in total. The predicted molar refractivity (Wildman–Crippen MR) is 130 cm³/mol. The summed E-state index contributed by atoms with van der Waals surface area (Å²) in [5.41, 5.74) is 16.6. The van der Waals surface area contributed by atoms with E-state index in [0.717, 1.165) is 48.2 Å². The molecule has 3 aromatic rings. The molecule has 1 atom stereocenters. The van der Waals surface area contributed by atoms with Crippen LogP contribution in [0.25, 0.3) is 11.1 Å². The molecule has 0 bridgehead atoms. The van der Waals surface area contributed by atoms with Crippen molar-refractivity contribution in [3.8, 4) is 11.1 Å². The number of carbonyl (C=O) groups excluding carboxylic acids is 1. The monoisotopic (exact) mass is 428 g/mol. The van der Waals surface area contributed by atoms with E-state index in [1.807, 2.05) is 54.7 Å². The van der Waals surface area contributed by atoms with Crippen LogP contribution in [0, 0.1) is 11.8 Å². The maximum Gasteiger partial charge on any atom is 0.223 e. The van der Waals surface area contributed by atoms with Crippen molar-refractivity contribution in [2.24, 2.45) is 17.6 Å². The van der Waals surface area contributed by atoms with Crippen molar-refractivity contribution in [2.45, 2.75) is 38.1 Å². The second-order valence-corrected chi connectivity index (χ2v) is 8.80. The number of benzene rings is 2. The van der Waals surface area contributed by atoms with E-state index in [1.165, 1.54) is 5.56 Å². The number of hydrogen-bond acceptors (Lipinski definition) is 4. The fourth-order valence-electron chi connectivity index (χ4n) is 4.57. The Morgan fingerprint density at radius 3 is 2.44 bits per heavy atom. The van der Waals surface area contributed by atoms with Gasteiger partial charge in [0.15, 0.2) is 0 Å². The van der Waals surface area contributed by atoms with Crippen LogP contribution in [-0.2, 0) is 11.2 Å². The van der Waals surface area contributed by atoms with Crippen LogP contribution < -0.4 is 16.8 Å². The van der Waals surface area contributed by atoms with Crippen molar-refractivity contribution >= 4 is 11.6 Å². The minimum absolute atomic E-state index is 0.0492. The number of anilines is 1.